The number of carbonyl (C=O) groups excluding carboxylic acids is 1. The van der Waals surface area contributed by atoms with Crippen LogP contribution in [0.5, 0.6) is 0 Å². The third kappa shape index (κ3) is 3.21. The number of hydrogen-bond donors (Lipinski definition) is 0. The molecule has 0 radical (unpaired) electrons. The van der Waals surface area contributed by atoms with Crippen molar-refractivity contribution in [2.24, 2.45) is 0 Å². The van der Waals surface area contributed by atoms with Crippen molar-refractivity contribution in [1.82, 2.24) is 9.29 Å². The first-order valence-electron chi connectivity index (χ1n) is 7.04. The molecule has 11 heteroatoms. The van der Waals surface area contributed by atoms with E-state index in [-0.39, 0.29) is 18.0 Å². The van der Waals surface area contributed by atoms with Gasteiger partial charge in [0.1, 0.15) is 0 Å². The summed E-state index contributed by atoms with van der Waals surface area (Å²) in [7, 11) is -4.23. The van der Waals surface area contributed by atoms with Crippen molar-refractivity contribution in [2.45, 2.75) is 18.0 Å². The molecule has 1 fully saturated rings. The molecule has 0 bridgehead atoms. The standard InChI is InChI=1S/C14H12F3N3O3S2/c1-9-8-18-12(24-9)19-6-7-20(13(19)21)25(22,23)11-4-2-10(3-5-11)14(15,16)17/h2-5,8H,6-7H2,1H3. The first kappa shape index (κ1) is 17.7. The summed E-state index contributed by atoms with van der Waals surface area (Å²) < 4.78 is 63.6. The first-order chi connectivity index (χ1) is 11.6. The smallest absolute Gasteiger partial charge is 0.267 e. The molecular weight excluding hydrogens is 379 g/mol. The predicted molar refractivity (Wildman–Crippen MR) is 84.9 cm³/mol. The summed E-state index contributed by atoms with van der Waals surface area (Å²) in [5.74, 6) is 0. The highest BCUT2D eigenvalue weighted by Gasteiger charge is 2.40. The number of anilines is 1. The van der Waals surface area contributed by atoms with Crippen LogP contribution in [0.3, 0.4) is 0 Å². The van der Waals surface area contributed by atoms with E-state index >= 15 is 0 Å². The van der Waals surface area contributed by atoms with Crippen molar-refractivity contribution in [3.05, 3.63) is 40.9 Å². The van der Waals surface area contributed by atoms with Crippen molar-refractivity contribution >= 4 is 32.5 Å². The summed E-state index contributed by atoms with van der Waals surface area (Å²) >= 11 is 1.25. The summed E-state index contributed by atoms with van der Waals surface area (Å²) in [5.41, 5.74) is -0.959. The van der Waals surface area contributed by atoms with Crippen LogP contribution >= 0.6 is 11.3 Å². The van der Waals surface area contributed by atoms with Crippen molar-refractivity contribution in [1.29, 1.82) is 0 Å². The molecule has 1 aliphatic heterocycles. The Morgan fingerprint density at radius 1 is 1.16 bits per heavy atom. The van der Waals surface area contributed by atoms with E-state index in [0.29, 0.717) is 21.6 Å². The number of nitrogens with zero attached hydrogens (tertiary/aromatic N) is 3. The number of urea groups is 1. The lowest BCUT2D eigenvalue weighted by Gasteiger charge is -2.17. The number of aryl methyl sites for hydroxylation is 1. The molecule has 1 aromatic carbocycles. The molecule has 1 saturated heterocycles. The zero-order chi connectivity index (χ0) is 18.4. The van der Waals surface area contributed by atoms with E-state index in [1.165, 1.54) is 16.2 Å². The molecule has 2 heterocycles. The largest absolute Gasteiger partial charge is 0.416 e. The van der Waals surface area contributed by atoms with E-state index in [1.54, 1.807) is 13.1 Å². The van der Waals surface area contributed by atoms with Crippen LogP contribution in [0.4, 0.5) is 23.1 Å². The Balaban J connectivity index is 1.87. The Kier molecular flexibility index (Phi) is 4.23. The van der Waals surface area contributed by atoms with E-state index in [4.69, 9.17) is 0 Å². The van der Waals surface area contributed by atoms with Gasteiger partial charge in [0.15, 0.2) is 5.13 Å². The quantitative estimate of drug-likeness (QED) is 0.806. The summed E-state index contributed by atoms with van der Waals surface area (Å²) in [5, 5.41) is 0.382. The SMILES string of the molecule is Cc1cnc(N2CCN(S(=O)(=O)c3ccc(C(F)(F)F)cc3)C2=O)s1. The fourth-order valence-corrected chi connectivity index (χ4v) is 4.47. The van der Waals surface area contributed by atoms with Gasteiger partial charge in [-0.15, -0.1) is 11.3 Å². The van der Waals surface area contributed by atoms with E-state index in [9.17, 15) is 26.4 Å². The van der Waals surface area contributed by atoms with Gasteiger partial charge in [0, 0.05) is 17.6 Å². The number of rotatable bonds is 3. The first-order valence-corrected chi connectivity index (χ1v) is 9.30. The van der Waals surface area contributed by atoms with Gasteiger partial charge in [-0.3, -0.25) is 4.90 Å². The molecule has 0 N–H and O–H groups in total. The third-order valence-corrected chi connectivity index (χ3v) is 6.30. The number of alkyl halides is 3. The minimum absolute atomic E-state index is 0.0964. The second-order valence-electron chi connectivity index (χ2n) is 5.29. The van der Waals surface area contributed by atoms with Crippen LogP contribution < -0.4 is 4.90 Å². The Morgan fingerprint density at radius 2 is 1.80 bits per heavy atom. The second-order valence-corrected chi connectivity index (χ2v) is 8.36. The Hall–Kier alpha value is -2.14. The molecule has 0 unspecified atom stereocenters. The molecule has 6 nitrogen and oxygen atoms in total. The molecule has 0 aliphatic carbocycles. The highest BCUT2D eigenvalue weighted by molar-refractivity contribution is 7.89. The van der Waals surface area contributed by atoms with Gasteiger partial charge in [0.2, 0.25) is 0 Å². The minimum atomic E-state index is -4.56. The molecule has 2 amide bonds. The molecule has 2 aromatic rings. The van der Waals surface area contributed by atoms with Crippen molar-refractivity contribution in [3.63, 3.8) is 0 Å². The number of halogens is 3. The summed E-state index contributed by atoms with van der Waals surface area (Å²) in [6, 6.07) is 2.28. The van der Waals surface area contributed by atoms with Crippen LogP contribution in [-0.4, -0.2) is 36.8 Å². The van der Waals surface area contributed by atoms with E-state index in [1.807, 2.05) is 0 Å². The molecular formula is C14H12F3N3O3S2. The summed E-state index contributed by atoms with van der Waals surface area (Å²) in [6.07, 6.45) is -2.99. The van der Waals surface area contributed by atoms with Gasteiger partial charge in [0.25, 0.3) is 10.0 Å². The predicted octanol–water partition coefficient (Wildman–Crippen LogP) is 3.10. The molecule has 1 aliphatic rings. The Labute approximate surface area is 145 Å². The third-order valence-electron chi connectivity index (χ3n) is 3.58. The number of hydrogen-bond acceptors (Lipinski definition) is 5. The topological polar surface area (TPSA) is 70.6 Å². The lowest BCUT2D eigenvalue weighted by molar-refractivity contribution is -0.137. The lowest BCUT2D eigenvalue weighted by atomic mass is 10.2. The number of sulfonamides is 1. The van der Waals surface area contributed by atoms with Gasteiger partial charge >= 0.3 is 12.2 Å². The van der Waals surface area contributed by atoms with Gasteiger partial charge in [-0.25, -0.2) is 22.5 Å². The molecule has 134 valence electrons. The van der Waals surface area contributed by atoms with Crippen molar-refractivity contribution < 1.29 is 26.4 Å². The summed E-state index contributed by atoms with van der Waals surface area (Å²) in [4.78, 5) is 18.2. The lowest BCUT2D eigenvalue weighted by Crippen LogP contribution is -2.36. The average Bonchev–Trinajstić information content (AvgIpc) is 3.12. The van der Waals surface area contributed by atoms with Crippen molar-refractivity contribution in [2.75, 3.05) is 18.0 Å². The molecule has 0 saturated carbocycles. The molecule has 25 heavy (non-hydrogen) atoms. The molecule has 1 aromatic heterocycles. The van der Waals surface area contributed by atoms with E-state index < -0.39 is 27.8 Å². The Bertz CT molecular complexity index is 907. The number of amides is 2. The van der Waals surface area contributed by atoms with Gasteiger partial charge in [-0.05, 0) is 31.2 Å². The van der Waals surface area contributed by atoms with Crippen LogP contribution in [0.15, 0.2) is 35.4 Å². The van der Waals surface area contributed by atoms with Gasteiger partial charge in [-0.2, -0.15) is 13.2 Å². The molecule has 3 rings (SSSR count). The summed E-state index contributed by atoms with van der Waals surface area (Å²) in [6.45, 7) is 1.84. The van der Waals surface area contributed by atoms with Crippen LogP contribution in [0, 0.1) is 6.92 Å². The van der Waals surface area contributed by atoms with Crippen LogP contribution in [0.25, 0.3) is 0 Å². The molecule has 0 atom stereocenters. The highest BCUT2D eigenvalue weighted by atomic mass is 32.2. The maximum atomic E-state index is 12.6. The number of thiazole rings is 1. The van der Waals surface area contributed by atoms with Gasteiger partial charge in [-0.1, -0.05) is 0 Å². The van der Waals surface area contributed by atoms with Crippen LogP contribution in [-0.2, 0) is 16.2 Å². The molecule has 0 spiro atoms. The van der Waals surface area contributed by atoms with Gasteiger partial charge < -0.3 is 0 Å². The second kappa shape index (κ2) is 5.99. The van der Waals surface area contributed by atoms with E-state index in [2.05, 4.69) is 4.98 Å². The van der Waals surface area contributed by atoms with Crippen LogP contribution in [0.1, 0.15) is 10.4 Å². The van der Waals surface area contributed by atoms with E-state index in [0.717, 1.165) is 17.0 Å². The normalized spacial score (nSPS) is 15.9. The minimum Gasteiger partial charge on any atom is -0.267 e. The zero-order valence-electron chi connectivity index (χ0n) is 12.8. The van der Waals surface area contributed by atoms with Crippen LogP contribution in [0.2, 0.25) is 0 Å². The average molecular weight is 391 g/mol. The number of carbonyl (C=O) groups is 1. The van der Waals surface area contributed by atoms with Gasteiger partial charge in [0.05, 0.1) is 17.0 Å². The zero-order valence-corrected chi connectivity index (χ0v) is 14.5. The fourth-order valence-electron chi connectivity index (χ4n) is 2.33. The fraction of sp³-hybridized carbons (Fsp3) is 0.286. The highest BCUT2D eigenvalue weighted by Crippen LogP contribution is 2.32. The maximum absolute atomic E-state index is 12.6. The number of aromatic nitrogens is 1. The Morgan fingerprint density at radius 3 is 2.32 bits per heavy atom. The number of benzene rings is 1. The maximum Gasteiger partial charge on any atom is 0.416 e. The monoisotopic (exact) mass is 391 g/mol. The van der Waals surface area contributed by atoms with Crippen molar-refractivity contribution in [3.8, 4) is 0 Å².